The van der Waals surface area contributed by atoms with Crippen LogP contribution < -0.4 is 10.1 Å². The molecule has 2 rings (SSSR count). The van der Waals surface area contributed by atoms with E-state index in [0.717, 1.165) is 18.0 Å². The van der Waals surface area contributed by atoms with Crippen molar-refractivity contribution in [1.29, 1.82) is 0 Å². The molecule has 0 spiro atoms. The summed E-state index contributed by atoms with van der Waals surface area (Å²) in [7, 11) is 1.93. The topological polar surface area (TPSA) is 34.1 Å². The Kier molecular flexibility index (Phi) is 4.53. The Morgan fingerprint density at radius 3 is 2.58 bits per heavy atom. The van der Waals surface area contributed by atoms with Gasteiger partial charge < -0.3 is 10.1 Å². The molecule has 0 aliphatic carbocycles. The van der Waals surface area contributed by atoms with Gasteiger partial charge in [0, 0.05) is 12.7 Å². The van der Waals surface area contributed by atoms with Gasteiger partial charge in [0.15, 0.2) is 0 Å². The second kappa shape index (κ2) is 6.34. The number of aryl methyl sites for hydroxylation is 2. The summed E-state index contributed by atoms with van der Waals surface area (Å²) in [6.07, 6.45) is 1.88. The molecule has 0 unspecified atom stereocenters. The molecule has 3 nitrogen and oxygen atoms in total. The monoisotopic (exact) mass is 256 g/mol. The summed E-state index contributed by atoms with van der Waals surface area (Å²) in [4.78, 5) is 4.39. The zero-order valence-corrected chi connectivity index (χ0v) is 11.7. The Morgan fingerprint density at radius 2 is 1.95 bits per heavy atom. The molecular weight excluding hydrogens is 236 g/mol. The molecule has 100 valence electrons. The van der Waals surface area contributed by atoms with Gasteiger partial charge in [-0.25, -0.2) is 0 Å². The van der Waals surface area contributed by atoms with Gasteiger partial charge in [-0.15, -0.1) is 0 Å². The lowest BCUT2D eigenvalue weighted by Crippen LogP contribution is -2.06. The van der Waals surface area contributed by atoms with Crippen LogP contribution in [0.4, 0.5) is 0 Å². The number of rotatable bonds is 5. The minimum absolute atomic E-state index is 0.502. The number of ether oxygens (including phenoxy) is 1. The number of benzene rings is 1. The number of pyridine rings is 1. The highest BCUT2D eigenvalue weighted by Gasteiger charge is 2.00. The van der Waals surface area contributed by atoms with Crippen molar-refractivity contribution < 1.29 is 4.74 Å². The molecule has 2 aromatic rings. The molecule has 0 bridgehead atoms. The van der Waals surface area contributed by atoms with E-state index in [1.54, 1.807) is 0 Å². The van der Waals surface area contributed by atoms with Crippen molar-refractivity contribution in [2.45, 2.75) is 27.0 Å². The van der Waals surface area contributed by atoms with E-state index in [2.05, 4.69) is 42.3 Å². The molecule has 1 aromatic carbocycles. The lowest BCUT2D eigenvalue weighted by molar-refractivity contribution is 0.301. The maximum absolute atomic E-state index is 5.75. The number of hydrogen-bond acceptors (Lipinski definition) is 3. The Balaban J connectivity index is 1.96. The summed E-state index contributed by atoms with van der Waals surface area (Å²) < 4.78 is 5.75. The van der Waals surface area contributed by atoms with Crippen LogP contribution in [-0.2, 0) is 13.2 Å². The zero-order chi connectivity index (χ0) is 13.7. The lowest BCUT2D eigenvalue weighted by atomic mass is 10.1. The van der Waals surface area contributed by atoms with E-state index in [-0.39, 0.29) is 0 Å². The molecule has 1 heterocycles. The van der Waals surface area contributed by atoms with Crippen LogP contribution in [0.1, 0.15) is 22.4 Å². The number of nitrogens with one attached hydrogen (secondary N) is 1. The smallest absolute Gasteiger partial charge is 0.130 e. The molecule has 0 atom stereocenters. The van der Waals surface area contributed by atoms with Gasteiger partial charge in [0.05, 0.1) is 5.69 Å². The van der Waals surface area contributed by atoms with Gasteiger partial charge in [0.2, 0.25) is 0 Å². The predicted molar refractivity (Wildman–Crippen MR) is 77.2 cm³/mol. The highest BCUT2D eigenvalue weighted by molar-refractivity contribution is 5.33. The summed E-state index contributed by atoms with van der Waals surface area (Å²) in [6.45, 7) is 5.53. The van der Waals surface area contributed by atoms with Gasteiger partial charge in [0.1, 0.15) is 12.4 Å². The summed E-state index contributed by atoms with van der Waals surface area (Å²) in [6, 6.07) is 10.2. The van der Waals surface area contributed by atoms with Crippen molar-refractivity contribution in [3.05, 3.63) is 58.9 Å². The Hall–Kier alpha value is -1.87. The number of hydrogen-bond donors (Lipinski definition) is 1. The molecule has 0 saturated heterocycles. The first-order valence-corrected chi connectivity index (χ1v) is 6.47. The Labute approximate surface area is 114 Å². The first-order valence-electron chi connectivity index (χ1n) is 6.47. The average Bonchev–Trinajstić information content (AvgIpc) is 2.42. The van der Waals surface area contributed by atoms with Gasteiger partial charge in [-0.1, -0.05) is 12.1 Å². The molecular formula is C16H20N2O. The molecule has 0 aliphatic heterocycles. The van der Waals surface area contributed by atoms with Gasteiger partial charge >= 0.3 is 0 Å². The van der Waals surface area contributed by atoms with E-state index in [9.17, 15) is 0 Å². The van der Waals surface area contributed by atoms with Gasteiger partial charge in [-0.05, 0) is 55.8 Å². The van der Waals surface area contributed by atoms with E-state index >= 15 is 0 Å². The van der Waals surface area contributed by atoms with E-state index in [1.165, 1.54) is 16.7 Å². The number of aromatic nitrogens is 1. The van der Waals surface area contributed by atoms with Crippen LogP contribution in [0.3, 0.4) is 0 Å². The highest BCUT2D eigenvalue weighted by atomic mass is 16.5. The van der Waals surface area contributed by atoms with Crippen molar-refractivity contribution >= 4 is 0 Å². The molecule has 0 saturated carbocycles. The largest absolute Gasteiger partial charge is 0.487 e. The maximum atomic E-state index is 5.75. The van der Waals surface area contributed by atoms with E-state index < -0.39 is 0 Å². The standard InChI is InChI=1S/C16H20N2O/c1-12-4-7-16(8-13(12)2)19-11-15-6-5-14(9-17-3)10-18-15/h4-8,10,17H,9,11H2,1-3H3. The SMILES string of the molecule is CNCc1ccc(COc2ccc(C)c(C)c2)nc1. The van der Waals surface area contributed by atoms with Crippen molar-refractivity contribution in [3.63, 3.8) is 0 Å². The van der Waals surface area contributed by atoms with Crippen molar-refractivity contribution in [1.82, 2.24) is 10.3 Å². The predicted octanol–water partition coefficient (Wildman–Crippen LogP) is 3.00. The zero-order valence-electron chi connectivity index (χ0n) is 11.7. The normalized spacial score (nSPS) is 10.5. The first-order chi connectivity index (χ1) is 9.19. The second-order valence-electron chi connectivity index (χ2n) is 4.72. The Bertz CT molecular complexity index is 535. The highest BCUT2D eigenvalue weighted by Crippen LogP contribution is 2.17. The molecule has 0 aliphatic rings. The molecule has 0 radical (unpaired) electrons. The molecule has 19 heavy (non-hydrogen) atoms. The summed E-state index contributed by atoms with van der Waals surface area (Å²) in [5.74, 6) is 0.893. The third kappa shape index (κ3) is 3.80. The summed E-state index contributed by atoms with van der Waals surface area (Å²) >= 11 is 0. The van der Waals surface area contributed by atoms with Crippen LogP contribution in [0.25, 0.3) is 0 Å². The van der Waals surface area contributed by atoms with E-state index in [4.69, 9.17) is 4.74 Å². The van der Waals surface area contributed by atoms with E-state index in [0.29, 0.717) is 6.61 Å². The van der Waals surface area contributed by atoms with Gasteiger partial charge in [0.25, 0.3) is 0 Å². The summed E-state index contributed by atoms with van der Waals surface area (Å²) in [5.41, 5.74) is 4.65. The van der Waals surface area contributed by atoms with Crippen molar-refractivity contribution in [2.24, 2.45) is 0 Å². The lowest BCUT2D eigenvalue weighted by Gasteiger charge is -2.08. The van der Waals surface area contributed by atoms with Crippen LogP contribution in [0.5, 0.6) is 5.75 Å². The number of nitrogens with zero attached hydrogens (tertiary/aromatic N) is 1. The molecule has 0 amide bonds. The average molecular weight is 256 g/mol. The van der Waals surface area contributed by atoms with Gasteiger partial charge in [-0.3, -0.25) is 4.98 Å². The molecule has 3 heteroatoms. The van der Waals surface area contributed by atoms with Crippen LogP contribution >= 0.6 is 0 Å². The Morgan fingerprint density at radius 1 is 1.11 bits per heavy atom. The minimum atomic E-state index is 0.502. The van der Waals surface area contributed by atoms with Crippen molar-refractivity contribution in [2.75, 3.05) is 7.05 Å². The fourth-order valence-corrected chi connectivity index (χ4v) is 1.81. The fraction of sp³-hybridized carbons (Fsp3) is 0.312. The van der Waals surface area contributed by atoms with Crippen molar-refractivity contribution in [3.8, 4) is 5.75 Å². The van der Waals surface area contributed by atoms with Gasteiger partial charge in [-0.2, -0.15) is 0 Å². The minimum Gasteiger partial charge on any atom is -0.487 e. The molecule has 1 aromatic heterocycles. The fourth-order valence-electron chi connectivity index (χ4n) is 1.81. The quantitative estimate of drug-likeness (QED) is 0.893. The molecule has 0 fully saturated rings. The second-order valence-corrected chi connectivity index (χ2v) is 4.72. The van der Waals surface area contributed by atoms with Crippen LogP contribution in [-0.4, -0.2) is 12.0 Å². The maximum Gasteiger partial charge on any atom is 0.130 e. The third-order valence-corrected chi connectivity index (χ3v) is 3.13. The molecule has 1 N–H and O–H groups in total. The van der Waals surface area contributed by atoms with Crippen LogP contribution in [0, 0.1) is 13.8 Å². The van der Waals surface area contributed by atoms with Crippen LogP contribution in [0.2, 0.25) is 0 Å². The van der Waals surface area contributed by atoms with E-state index in [1.807, 2.05) is 25.4 Å². The summed E-state index contributed by atoms with van der Waals surface area (Å²) in [5, 5.41) is 3.10. The van der Waals surface area contributed by atoms with Crippen LogP contribution in [0.15, 0.2) is 36.5 Å². The first kappa shape index (κ1) is 13.6. The third-order valence-electron chi connectivity index (χ3n) is 3.13.